The molecule has 0 spiro atoms. The van der Waals surface area contributed by atoms with Crippen molar-refractivity contribution in [1.82, 2.24) is 4.90 Å². The minimum absolute atomic E-state index is 0.307. The van der Waals surface area contributed by atoms with E-state index >= 15 is 0 Å². The number of hydrogen-bond donors (Lipinski definition) is 1. The van der Waals surface area contributed by atoms with Crippen molar-refractivity contribution in [3.8, 4) is 0 Å². The highest BCUT2D eigenvalue weighted by Gasteiger charge is 2.13. The Hall–Kier alpha value is -0.900. The molecule has 3 nitrogen and oxygen atoms in total. The second-order valence-corrected chi connectivity index (χ2v) is 4.00. The molecule has 3 heteroatoms. The lowest BCUT2D eigenvalue weighted by Gasteiger charge is -2.26. The van der Waals surface area contributed by atoms with E-state index in [1.807, 2.05) is 0 Å². The van der Waals surface area contributed by atoms with Crippen molar-refractivity contribution in [2.24, 2.45) is 5.73 Å². The molecule has 1 aromatic rings. The van der Waals surface area contributed by atoms with Crippen LogP contribution in [0.2, 0.25) is 0 Å². The maximum Gasteiger partial charge on any atom is 0.0713 e. The predicted octanol–water partition coefficient (Wildman–Crippen LogP) is 1.78. The van der Waals surface area contributed by atoms with Gasteiger partial charge in [0.1, 0.15) is 0 Å². The van der Waals surface area contributed by atoms with E-state index in [2.05, 4.69) is 43.1 Å². The lowest BCUT2D eigenvalue weighted by atomic mass is 10.0. The fourth-order valence-electron chi connectivity index (χ4n) is 1.79. The SMILES string of the molecule is CCN(C)C(CN)c1ccc(COC)cc1. The second-order valence-electron chi connectivity index (χ2n) is 4.00. The molecule has 2 N–H and O–H groups in total. The molecular formula is C13H22N2O. The van der Waals surface area contributed by atoms with Crippen molar-refractivity contribution in [2.45, 2.75) is 19.6 Å². The molecule has 0 bridgehead atoms. The first-order valence-electron chi connectivity index (χ1n) is 5.71. The summed E-state index contributed by atoms with van der Waals surface area (Å²) in [5.41, 5.74) is 8.28. The van der Waals surface area contributed by atoms with Gasteiger partial charge in [0, 0.05) is 19.7 Å². The molecule has 0 aromatic heterocycles. The number of methoxy groups -OCH3 is 1. The Morgan fingerprint density at radius 1 is 1.31 bits per heavy atom. The van der Waals surface area contributed by atoms with Crippen molar-refractivity contribution >= 4 is 0 Å². The van der Waals surface area contributed by atoms with E-state index in [1.165, 1.54) is 11.1 Å². The van der Waals surface area contributed by atoms with E-state index in [-0.39, 0.29) is 0 Å². The number of nitrogens with zero attached hydrogens (tertiary/aromatic N) is 1. The Morgan fingerprint density at radius 2 is 1.94 bits per heavy atom. The highest BCUT2D eigenvalue weighted by molar-refractivity contribution is 5.25. The molecule has 1 atom stereocenters. The molecular weight excluding hydrogens is 200 g/mol. The monoisotopic (exact) mass is 222 g/mol. The summed E-state index contributed by atoms with van der Waals surface area (Å²) in [6.45, 7) is 4.45. The molecule has 0 heterocycles. The summed E-state index contributed by atoms with van der Waals surface area (Å²) in [5.74, 6) is 0. The second kappa shape index (κ2) is 6.63. The minimum atomic E-state index is 0.307. The van der Waals surface area contributed by atoms with Crippen LogP contribution < -0.4 is 5.73 Å². The summed E-state index contributed by atoms with van der Waals surface area (Å²) >= 11 is 0. The largest absolute Gasteiger partial charge is 0.380 e. The smallest absolute Gasteiger partial charge is 0.0713 e. The Kier molecular flexibility index (Phi) is 5.46. The zero-order chi connectivity index (χ0) is 12.0. The standard InChI is InChI=1S/C13H22N2O/c1-4-15(2)13(9-14)12-7-5-11(6-8-12)10-16-3/h5-8,13H,4,9-10,14H2,1-3H3. The normalized spacial score (nSPS) is 13.1. The van der Waals surface area contributed by atoms with Crippen LogP contribution in [0.4, 0.5) is 0 Å². The summed E-state index contributed by atoms with van der Waals surface area (Å²) in [5, 5.41) is 0. The van der Waals surface area contributed by atoms with Crippen molar-refractivity contribution < 1.29 is 4.74 Å². The van der Waals surface area contributed by atoms with Crippen molar-refractivity contribution in [3.63, 3.8) is 0 Å². The van der Waals surface area contributed by atoms with Gasteiger partial charge >= 0.3 is 0 Å². The van der Waals surface area contributed by atoms with Gasteiger partial charge in [-0.05, 0) is 24.7 Å². The van der Waals surface area contributed by atoms with Gasteiger partial charge in [0.15, 0.2) is 0 Å². The molecule has 1 unspecified atom stereocenters. The molecule has 0 aliphatic carbocycles. The quantitative estimate of drug-likeness (QED) is 0.797. The van der Waals surface area contributed by atoms with Gasteiger partial charge in [-0.3, -0.25) is 4.90 Å². The van der Waals surface area contributed by atoms with Crippen LogP contribution in [-0.4, -0.2) is 32.1 Å². The minimum Gasteiger partial charge on any atom is -0.380 e. The Labute approximate surface area is 98.2 Å². The van der Waals surface area contributed by atoms with E-state index in [9.17, 15) is 0 Å². The van der Waals surface area contributed by atoms with Crippen LogP contribution >= 0.6 is 0 Å². The fraction of sp³-hybridized carbons (Fsp3) is 0.538. The number of ether oxygens (including phenoxy) is 1. The van der Waals surface area contributed by atoms with Gasteiger partial charge in [-0.15, -0.1) is 0 Å². The highest BCUT2D eigenvalue weighted by Crippen LogP contribution is 2.18. The van der Waals surface area contributed by atoms with Gasteiger partial charge in [-0.2, -0.15) is 0 Å². The lowest BCUT2D eigenvalue weighted by Crippen LogP contribution is -2.30. The molecule has 0 aliphatic rings. The first-order chi connectivity index (χ1) is 7.72. The topological polar surface area (TPSA) is 38.5 Å². The van der Waals surface area contributed by atoms with Gasteiger partial charge in [0.05, 0.1) is 6.61 Å². The molecule has 16 heavy (non-hydrogen) atoms. The zero-order valence-electron chi connectivity index (χ0n) is 10.4. The summed E-state index contributed by atoms with van der Waals surface area (Å²) in [6.07, 6.45) is 0. The van der Waals surface area contributed by atoms with E-state index in [0.717, 1.165) is 6.54 Å². The summed E-state index contributed by atoms with van der Waals surface area (Å²) in [6, 6.07) is 8.79. The number of benzene rings is 1. The van der Waals surface area contributed by atoms with E-state index < -0.39 is 0 Å². The average Bonchev–Trinajstić information content (AvgIpc) is 2.32. The van der Waals surface area contributed by atoms with E-state index in [4.69, 9.17) is 10.5 Å². The van der Waals surface area contributed by atoms with Crippen LogP contribution in [0.3, 0.4) is 0 Å². The van der Waals surface area contributed by atoms with Crippen LogP contribution in [0.1, 0.15) is 24.1 Å². The molecule has 0 saturated carbocycles. The van der Waals surface area contributed by atoms with Gasteiger partial charge in [-0.25, -0.2) is 0 Å². The van der Waals surface area contributed by atoms with Crippen LogP contribution in [0.5, 0.6) is 0 Å². The molecule has 1 aromatic carbocycles. The lowest BCUT2D eigenvalue weighted by molar-refractivity contribution is 0.185. The molecule has 0 saturated heterocycles. The third kappa shape index (κ3) is 3.30. The van der Waals surface area contributed by atoms with Crippen LogP contribution in [-0.2, 0) is 11.3 Å². The number of likely N-dealkylation sites (N-methyl/N-ethyl adjacent to an activating group) is 1. The maximum absolute atomic E-state index is 5.81. The summed E-state index contributed by atoms with van der Waals surface area (Å²) in [4.78, 5) is 2.26. The first-order valence-corrected chi connectivity index (χ1v) is 5.71. The number of nitrogens with two attached hydrogens (primary N) is 1. The maximum atomic E-state index is 5.81. The Balaban J connectivity index is 2.78. The molecule has 0 amide bonds. The average molecular weight is 222 g/mol. The molecule has 0 aliphatic heterocycles. The predicted molar refractivity (Wildman–Crippen MR) is 67.3 cm³/mol. The number of hydrogen-bond acceptors (Lipinski definition) is 3. The third-order valence-electron chi connectivity index (χ3n) is 2.93. The van der Waals surface area contributed by atoms with Crippen LogP contribution in [0, 0.1) is 0 Å². The van der Waals surface area contributed by atoms with Crippen LogP contribution in [0.15, 0.2) is 24.3 Å². The molecule has 0 radical (unpaired) electrons. The van der Waals surface area contributed by atoms with E-state index in [0.29, 0.717) is 19.2 Å². The van der Waals surface area contributed by atoms with E-state index in [1.54, 1.807) is 7.11 Å². The van der Waals surface area contributed by atoms with Crippen molar-refractivity contribution in [1.29, 1.82) is 0 Å². The van der Waals surface area contributed by atoms with Gasteiger partial charge in [-0.1, -0.05) is 31.2 Å². The van der Waals surface area contributed by atoms with Gasteiger partial charge in [0.25, 0.3) is 0 Å². The molecule has 1 rings (SSSR count). The van der Waals surface area contributed by atoms with Gasteiger partial charge < -0.3 is 10.5 Å². The molecule has 0 fully saturated rings. The van der Waals surface area contributed by atoms with Crippen molar-refractivity contribution in [3.05, 3.63) is 35.4 Å². The van der Waals surface area contributed by atoms with Crippen molar-refractivity contribution in [2.75, 3.05) is 27.2 Å². The van der Waals surface area contributed by atoms with Gasteiger partial charge in [0.2, 0.25) is 0 Å². The van der Waals surface area contributed by atoms with Crippen LogP contribution in [0.25, 0.3) is 0 Å². The molecule has 90 valence electrons. The Bertz CT molecular complexity index is 297. The third-order valence-corrected chi connectivity index (χ3v) is 2.93. The summed E-state index contributed by atoms with van der Waals surface area (Å²) in [7, 11) is 3.81. The summed E-state index contributed by atoms with van der Waals surface area (Å²) < 4.78 is 5.09. The first kappa shape index (κ1) is 13.2. The Morgan fingerprint density at radius 3 is 2.38 bits per heavy atom. The highest BCUT2D eigenvalue weighted by atomic mass is 16.5. The fourth-order valence-corrected chi connectivity index (χ4v) is 1.79. The zero-order valence-corrected chi connectivity index (χ0v) is 10.4. The number of rotatable bonds is 6.